The normalized spacial score (nSPS) is 12.0. The van der Waals surface area contributed by atoms with Crippen molar-refractivity contribution in [3.63, 3.8) is 0 Å². The Balaban J connectivity index is 2.22. The highest BCUT2D eigenvalue weighted by Crippen LogP contribution is 2.29. The quantitative estimate of drug-likeness (QED) is 0.352. The Bertz CT molecular complexity index is 593. The molecular formula is C12H9N2O2+. The van der Waals surface area contributed by atoms with Gasteiger partial charge in [-0.1, -0.05) is 0 Å². The third-order valence-electron chi connectivity index (χ3n) is 2.86. The summed E-state index contributed by atoms with van der Waals surface area (Å²) in [5, 5.41) is 10.7. The largest absolute Gasteiger partial charge is 0.270 e. The molecule has 0 amide bonds. The second kappa shape index (κ2) is 3.13. The monoisotopic (exact) mass is 213 g/mol. The number of fused-ring (bicyclic) bond motifs is 3. The van der Waals surface area contributed by atoms with Crippen molar-refractivity contribution in [3.8, 4) is 11.3 Å². The van der Waals surface area contributed by atoms with Gasteiger partial charge in [-0.3, -0.25) is 10.1 Å². The van der Waals surface area contributed by atoms with Crippen LogP contribution < -0.4 is 4.57 Å². The van der Waals surface area contributed by atoms with Crippen LogP contribution in [0.4, 0.5) is 5.69 Å². The Kier molecular flexibility index (Phi) is 1.77. The predicted octanol–water partition coefficient (Wildman–Crippen LogP) is 1.91. The molecule has 1 aromatic heterocycles. The third kappa shape index (κ3) is 1.20. The maximum atomic E-state index is 10.7. The Morgan fingerprint density at radius 1 is 1.25 bits per heavy atom. The molecule has 0 N–H and O–H groups in total. The zero-order valence-electron chi connectivity index (χ0n) is 8.46. The molecule has 0 aliphatic carbocycles. The second-order valence-electron chi connectivity index (χ2n) is 3.81. The van der Waals surface area contributed by atoms with Crippen LogP contribution in [0, 0.1) is 10.1 Å². The van der Waals surface area contributed by atoms with Gasteiger partial charge < -0.3 is 0 Å². The second-order valence-corrected chi connectivity index (χ2v) is 3.81. The van der Waals surface area contributed by atoms with Gasteiger partial charge in [0, 0.05) is 29.8 Å². The number of hydrogen-bond donors (Lipinski definition) is 0. The number of nitro groups is 1. The van der Waals surface area contributed by atoms with E-state index in [1.165, 1.54) is 0 Å². The smallest absolute Gasteiger partial charge is 0.258 e. The molecular weight excluding hydrogens is 204 g/mol. The van der Waals surface area contributed by atoms with E-state index in [1.54, 1.807) is 12.1 Å². The summed E-state index contributed by atoms with van der Waals surface area (Å²) in [7, 11) is 0. The van der Waals surface area contributed by atoms with Crippen LogP contribution in [0.15, 0.2) is 42.6 Å². The van der Waals surface area contributed by atoms with Gasteiger partial charge in [0.1, 0.15) is 0 Å². The molecule has 4 heteroatoms. The molecule has 16 heavy (non-hydrogen) atoms. The SMILES string of the molecule is O=[N+]([O-])c1ccc2c(c1)-c1cccc[n+]1C2. The molecule has 2 aromatic rings. The van der Waals surface area contributed by atoms with Crippen LogP contribution in [0.5, 0.6) is 0 Å². The summed E-state index contributed by atoms with van der Waals surface area (Å²) in [5.41, 5.74) is 3.30. The lowest BCUT2D eigenvalue weighted by atomic mass is 10.1. The van der Waals surface area contributed by atoms with Gasteiger partial charge in [-0.25, -0.2) is 0 Å². The summed E-state index contributed by atoms with van der Waals surface area (Å²) < 4.78 is 2.09. The number of rotatable bonds is 1. The van der Waals surface area contributed by atoms with Crippen molar-refractivity contribution in [2.75, 3.05) is 0 Å². The molecule has 1 aliphatic rings. The highest BCUT2D eigenvalue weighted by molar-refractivity contribution is 5.66. The fourth-order valence-corrected chi connectivity index (χ4v) is 2.10. The fraction of sp³-hybridized carbons (Fsp3) is 0.0833. The molecule has 0 radical (unpaired) electrons. The van der Waals surface area contributed by atoms with E-state index < -0.39 is 0 Å². The van der Waals surface area contributed by atoms with E-state index in [0.29, 0.717) is 0 Å². The van der Waals surface area contributed by atoms with E-state index in [2.05, 4.69) is 4.57 Å². The summed E-state index contributed by atoms with van der Waals surface area (Å²) in [6.45, 7) is 0.795. The number of nitrogens with zero attached hydrogens (tertiary/aromatic N) is 2. The summed E-state index contributed by atoms with van der Waals surface area (Å²) >= 11 is 0. The standard InChI is InChI=1S/C12H9N2O2/c15-14(16)10-5-4-9-8-13-6-2-1-3-12(13)11(9)7-10/h1-7H,8H2/q+1. The van der Waals surface area contributed by atoms with Gasteiger partial charge in [-0.15, -0.1) is 0 Å². The molecule has 1 aromatic carbocycles. The van der Waals surface area contributed by atoms with Crippen LogP contribution in [0.3, 0.4) is 0 Å². The molecule has 4 nitrogen and oxygen atoms in total. The van der Waals surface area contributed by atoms with Gasteiger partial charge in [0.05, 0.1) is 10.5 Å². The van der Waals surface area contributed by atoms with Gasteiger partial charge in [-0.2, -0.15) is 4.57 Å². The average molecular weight is 213 g/mol. The fourth-order valence-electron chi connectivity index (χ4n) is 2.10. The molecule has 0 saturated carbocycles. The van der Waals surface area contributed by atoms with Crippen LogP contribution in [-0.4, -0.2) is 4.92 Å². The molecule has 78 valence electrons. The number of non-ortho nitro benzene ring substituents is 1. The molecule has 0 fully saturated rings. The predicted molar refractivity (Wildman–Crippen MR) is 57.8 cm³/mol. The van der Waals surface area contributed by atoms with Crippen molar-refractivity contribution in [2.24, 2.45) is 0 Å². The van der Waals surface area contributed by atoms with Crippen molar-refractivity contribution in [2.45, 2.75) is 6.54 Å². The molecule has 3 rings (SSSR count). The van der Waals surface area contributed by atoms with Crippen molar-refractivity contribution in [3.05, 3.63) is 58.3 Å². The van der Waals surface area contributed by atoms with Crippen molar-refractivity contribution >= 4 is 5.69 Å². The number of aromatic nitrogens is 1. The highest BCUT2D eigenvalue weighted by atomic mass is 16.6. The molecule has 0 atom stereocenters. The minimum absolute atomic E-state index is 0.149. The zero-order valence-corrected chi connectivity index (χ0v) is 8.46. The van der Waals surface area contributed by atoms with E-state index in [4.69, 9.17) is 0 Å². The minimum atomic E-state index is -0.355. The maximum absolute atomic E-state index is 10.7. The molecule has 1 aliphatic heterocycles. The minimum Gasteiger partial charge on any atom is -0.258 e. The first kappa shape index (κ1) is 9.03. The summed E-state index contributed by atoms with van der Waals surface area (Å²) in [6, 6.07) is 10.9. The van der Waals surface area contributed by atoms with E-state index >= 15 is 0 Å². The first-order valence-corrected chi connectivity index (χ1v) is 5.02. The molecule has 0 unspecified atom stereocenters. The maximum Gasteiger partial charge on any atom is 0.270 e. The first-order chi connectivity index (χ1) is 7.75. The van der Waals surface area contributed by atoms with Gasteiger partial charge in [-0.05, 0) is 12.1 Å². The topological polar surface area (TPSA) is 47.0 Å². The lowest BCUT2D eigenvalue weighted by Crippen LogP contribution is -2.31. The summed E-state index contributed by atoms with van der Waals surface area (Å²) in [5.74, 6) is 0. The van der Waals surface area contributed by atoms with Gasteiger partial charge in [0.2, 0.25) is 5.69 Å². The molecule has 0 saturated heterocycles. The average Bonchev–Trinajstić information content (AvgIpc) is 2.66. The van der Waals surface area contributed by atoms with Crippen LogP contribution in [0.25, 0.3) is 11.3 Å². The van der Waals surface area contributed by atoms with Crippen LogP contribution in [-0.2, 0) is 6.54 Å². The lowest BCUT2D eigenvalue weighted by molar-refractivity contribution is -0.672. The van der Waals surface area contributed by atoms with E-state index in [9.17, 15) is 10.1 Å². The van der Waals surface area contributed by atoms with E-state index in [0.717, 1.165) is 23.4 Å². The van der Waals surface area contributed by atoms with Gasteiger partial charge in [0.25, 0.3) is 5.69 Å². The van der Waals surface area contributed by atoms with Crippen molar-refractivity contribution in [1.29, 1.82) is 0 Å². The Morgan fingerprint density at radius 3 is 2.94 bits per heavy atom. The van der Waals surface area contributed by atoms with Crippen LogP contribution >= 0.6 is 0 Å². The first-order valence-electron chi connectivity index (χ1n) is 5.02. The Labute approximate surface area is 91.9 Å². The highest BCUT2D eigenvalue weighted by Gasteiger charge is 2.26. The summed E-state index contributed by atoms with van der Waals surface area (Å²) in [6.07, 6.45) is 1.99. The summed E-state index contributed by atoms with van der Waals surface area (Å²) in [4.78, 5) is 10.4. The van der Waals surface area contributed by atoms with Crippen LogP contribution in [0.1, 0.15) is 5.56 Å². The number of benzene rings is 1. The number of pyridine rings is 1. The molecule has 0 bridgehead atoms. The van der Waals surface area contributed by atoms with E-state index in [-0.39, 0.29) is 10.6 Å². The number of hydrogen-bond acceptors (Lipinski definition) is 2. The zero-order chi connectivity index (χ0) is 11.1. The van der Waals surface area contributed by atoms with Crippen LogP contribution in [0.2, 0.25) is 0 Å². The Morgan fingerprint density at radius 2 is 2.12 bits per heavy atom. The van der Waals surface area contributed by atoms with Gasteiger partial charge in [0.15, 0.2) is 12.7 Å². The lowest BCUT2D eigenvalue weighted by Gasteiger charge is -1.94. The molecule has 2 heterocycles. The number of nitro benzene ring substituents is 1. The Hall–Kier alpha value is -2.23. The van der Waals surface area contributed by atoms with Crippen molar-refractivity contribution in [1.82, 2.24) is 0 Å². The third-order valence-corrected chi connectivity index (χ3v) is 2.86. The van der Waals surface area contributed by atoms with E-state index in [1.807, 2.05) is 30.5 Å². The van der Waals surface area contributed by atoms with Crippen molar-refractivity contribution < 1.29 is 9.49 Å². The molecule has 0 spiro atoms. The van der Waals surface area contributed by atoms with Gasteiger partial charge >= 0.3 is 0 Å².